The molecule has 0 bridgehead atoms. The zero-order chi connectivity index (χ0) is 13.4. The van der Waals surface area contributed by atoms with Gasteiger partial charge >= 0.3 is 0 Å². The number of aryl methyl sites for hydroxylation is 2. The molecule has 1 atom stereocenters. The second kappa shape index (κ2) is 4.68. The topological polar surface area (TPSA) is 34.0 Å². The van der Waals surface area contributed by atoms with Crippen molar-refractivity contribution >= 4 is 5.69 Å². The van der Waals surface area contributed by atoms with Crippen molar-refractivity contribution in [2.75, 3.05) is 11.4 Å². The molecule has 1 aromatic carbocycles. The third-order valence-electron chi connectivity index (χ3n) is 4.07. The first-order chi connectivity index (χ1) is 9.20. The summed E-state index contributed by atoms with van der Waals surface area (Å²) in [6.45, 7) is 5.47. The normalized spacial score (nSPS) is 15.6. The highest BCUT2D eigenvalue weighted by Crippen LogP contribution is 2.34. The molecule has 100 valence electrons. The maximum Gasteiger partial charge on any atom is 0.155 e. The van der Waals surface area contributed by atoms with Crippen molar-refractivity contribution in [3.05, 3.63) is 41.5 Å². The number of anilines is 1. The van der Waals surface area contributed by atoms with E-state index in [0.717, 1.165) is 25.2 Å². The molecule has 4 heteroatoms. The van der Waals surface area contributed by atoms with Crippen LogP contribution in [0.5, 0.6) is 0 Å². The van der Waals surface area contributed by atoms with Gasteiger partial charge in [0.1, 0.15) is 6.33 Å². The molecule has 0 N–H and O–H groups in total. The fourth-order valence-electron chi connectivity index (χ4n) is 2.91. The molecule has 1 aliphatic heterocycles. The maximum absolute atomic E-state index is 4.24. The molecule has 0 saturated heterocycles. The highest BCUT2D eigenvalue weighted by Gasteiger charge is 2.26. The predicted molar refractivity (Wildman–Crippen MR) is 76.3 cm³/mol. The summed E-state index contributed by atoms with van der Waals surface area (Å²) in [6.07, 6.45) is 4.00. The van der Waals surface area contributed by atoms with Crippen LogP contribution in [0.25, 0.3) is 0 Å². The number of hydrogen-bond acceptors (Lipinski definition) is 3. The van der Waals surface area contributed by atoms with E-state index in [2.05, 4.69) is 47.1 Å². The van der Waals surface area contributed by atoms with Crippen LogP contribution in [0.1, 0.15) is 36.8 Å². The van der Waals surface area contributed by atoms with E-state index in [4.69, 9.17) is 0 Å². The largest absolute Gasteiger partial charge is 0.361 e. The molecule has 0 amide bonds. The molecule has 0 radical (unpaired) electrons. The summed E-state index contributed by atoms with van der Waals surface area (Å²) in [5.41, 5.74) is 4.24. The first-order valence-corrected chi connectivity index (χ1v) is 6.93. The molecule has 1 aromatic heterocycles. The van der Waals surface area contributed by atoms with Gasteiger partial charge in [0.05, 0.1) is 6.04 Å². The first-order valence-electron chi connectivity index (χ1n) is 6.93. The Bertz CT molecular complexity index is 588. The third kappa shape index (κ3) is 2.01. The van der Waals surface area contributed by atoms with Gasteiger partial charge in [0, 0.05) is 19.3 Å². The van der Waals surface area contributed by atoms with Gasteiger partial charge < -0.3 is 9.47 Å². The molecule has 0 spiro atoms. The van der Waals surface area contributed by atoms with Gasteiger partial charge in [0.2, 0.25) is 0 Å². The van der Waals surface area contributed by atoms with Gasteiger partial charge in [-0.25, -0.2) is 0 Å². The van der Waals surface area contributed by atoms with Crippen LogP contribution in [0.4, 0.5) is 5.69 Å². The van der Waals surface area contributed by atoms with Crippen LogP contribution in [0.15, 0.2) is 24.5 Å². The van der Waals surface area contributed by atoms with Gasteiger partial charge in [-0.2, -0.15) is 0 Å². The van der Waals surface area contributed by atoms with E-state index in [-0.39, 0.29) is 6.04 Å². The van der Waals surface area contributed by atoms with Crippen LogP contribution in [-0.4, -0.2) is 21.3 Å². The summed E-state index contributed by atoms with van der Waals surface area (Å²) in [5, 5.41) is 8.22. The second-order valence-corrected chi connectivity index (χ2v) is 5.24. The Morgan fingerprint density at radius 3 is 2.89 bits per heavy atom. The quantitative estimate of drug-likeness (QED) is 0.846. The fourth-order valence-corrected chi connectivity index (χ4v) is 2.91. The smallest absolute Gasteiger partial charge is 0.155 e. The number of nitrogens with zero attached hydrogens (tertiary/aromatic N) is 4. The zero-order valence-electron chi connectivity index (χ0n) is 11.8. The minimum Gasteiger partial charge on any atom is -0.361 e. The van der Waals surface area contributed by atoms with Crippen molar-refractivity contribution in [3.63, 3.8) is 0 Å². The van der Waals surface area contributed by atoms with Crippen LogP contribution in [0.3, 0.4) is 0 Å². The number of benzene rings is 1. The van der Waals surface area contributed by atoms with Crippen LogP contribution in [0.2, 0.25) is 0 Å². The highest BCUT2D eigenvalue weighted by atomic mass is 15.3. The van der Waals surface area contributed by atoms with Crippen molar-refractivity contribution in [3.8, 4) is 0 Å². The van der Waals surface area contributed by atoms with Crippen molar-refractivity contribution in [1.82, 2.24) is 14.8 Å². The van der Waals surface area contributed by atoms with Gasteiger partial charge in [-0.15, -0.1) is 10.2 Å². The minimum absolute atomic E-state index is 0.265. The average Bonchev–Trinajstić information content (AvgIpc) is 3.03. The van der Waals surface area contributed by atoms with Crippen LogP contribution in [0, 0.1) is 0 Å². The van der Waals surface area contributed by atoms with E-state index in [0.29, 0.717) is 0 Å². The molecular formula is C15H20N4. The summed E-state index contributed by atoms with van der Waals surface area (Å²) >= 11 is 0. The van der Waals surface area contributed by atoms with Gasteiger partial charge in [0.25, 0.3) is 0 Å². The lowest BCUT2D eigenvalue weighted by atomic mass is 10.1. The second-order valence-electron chi connectivity index (χ2n) is 5.24. The fraction of sp³-hybridized carbons (Fsp3) is 0.467. The minimum atomic E-state index is 0.265. The van der Waals surface area contributed by atoms with E-state index in [1.807, 2.05) is 11.6 Å². The summed E-state index contributed by atoms with van der Waals surface area (Å²) in [7, 11) is 2.00. The molecule has 1 aliphatic rings. The number of aromatic nitrogens is 3. The van der Waals surface area contributed by atoms with Gasteiger partial charge in [0.15, 0.2) is 5.82 Å². The van der Waals surface area contributed by atoms with Crippen LogP contribution in [-0.2, 0) is 19.9 Å². The third-order valence-corrected chi connectivity index (χ3v) is 4.07. The summed E-state index contributed by atoms with van der Waals surface area (Å²) in [6, 6.07) is 7.11. The summed E-state index contributed by atoms with van der Waals surface area (Å²) in [5.74, 6) is 1.02. The molecule has 0 saturated carbocycles. The maximum atomic E-state index is 4.24. The average molecular weight is 256 g/mol. The Morgan fingerprint density at radius 2 is 2.21 bits per heavy atom. The first kappa shape index (κ1) is 12.2. The number of fused-ring (bicyclic) bond motifs is 1. The molecule has 19 heavy (non-hydrogen) atoms. The van der Waals surface area contributed by atoms with Gasteiger partial charge in [-0.05, 0) is 37.0 Å². The Labute approximate surface area is 114 Å². The Balaban J connectivity index is 1.92. The van der Waals surface area contributed by atoms with E-state index in [1.54, 1.807) is 6.33 Å². The number of hydrogen-bond donors (Lipinski definition) is 0. The molecular weight excluding hydrogens is 236 g/mol. The van der Waals surface area contributed by atoms with E-state index in [9.17, 15) is 0 Å². The highest BCUT2D eigenvalue weighted by molar-refractivity contribution is 5.60. The molecule has 0 aliphatic carbocycles. The van der Waals surface area contributed by atoms with Crippen molar-refractivity contribution < 1.29 is 0 Å². The summed E-state index contributed by atoms with van der Waals surface area (Å²) in [4.78, 5) is 2.43. The van der Waals surface area contributed by atoms with Gasteiger partial charge in [-0.3, -0.25) is 0 Å². The van der Waals surface area contributed by atoms with E-state index in [1.165, 1.54) is 16.8 Å². The van der Waals surface area contributed by atoms with Crippen molar-refractivity contribution in [2.24, 2.45) is 7.05 Å². The van der Waals surface area contributed by atoms with Gasteiger partial charge in [-0.1, -0.05) is 19.1 Å². The SMILES string of the molecule is CCc1ccc2c(c1)CCN2C(C)c1nncn1C. The predicted octanol–water partition coefficient (Wildman–Crippen LogP) is 2.50. The Kier molecular flexibility index (Phi) is 3.01. The standard InChI is InChI=1S/C15H20N4/c1-4-12-5-6-14-13(9-12)7-8-19(14)11(2)15-17-16-10-18(15)3/h5-6,9-11H,4,7-8H2,1-3H3. The lowest BCUT2D eigenvalue weighted by Crippen LogP contribution is -2.26. The van der Waals surface area contributed by atoms with E-state index >= 15 is 0 Å². The monoisotopic (exact) mass is 256 g/mol. The Hall–Kier alpha value is -1.84. The number of rotatable bonds is 3. The van der Waals surface area contributed by atoms with Crippen LogP contribution < -0.4 is 4.90 Å². The van der Waals surface area contributed by atoms with Crippen molar-refractivity contribution in [2.45, 2.75) is 32.7 Å². The molecule has 1 unspecified atom stereocenters. The van der Waals surface area contributed by atoms with Crippen LogP contribution >= 0.6 is 0 Å². The Morgan fingerprint density at radius 1 is 1.37 bits per heavy atom. The molecule has 4 nitrogen and oxygen atoms in total. The molecule has 2 heterocycles. The lowest BCUT2D eigenvalue weighted by Gasteiger charge is -2.26. The summed E-state index contributed by atoms with van der Waals surface area (Å²) < 4.78 is 2.00. The molecule has 0 fully saturated rings. The molecule has 2 aromatic rings. The van der Waals surface area contributed by atoms with E-state index < -0.39 is 0 Å². The zero-order valence-corrected chi connectivity index (χ0v) is 11.8. The van der Waals surface area contributed by atoms with Crippen molar-refractivity contribution in [1.29, 1.82) is 0 Å². The molecule has 3 rings (SSSR count). The lowest BCUT2D eigenvalue weighted by molar-refractivity contribution is 0.621.